The van der Waals surface area contributed by atoms with Gasteiger partial charge in [-0.3, -0.25) is 19.3 Å². The van der Waals surface area contributed by atoms with Crippen LogP contribution in [0.2, 0.25) is 0 Å². The molecule has 0 saturated carbocycles. The minimum Gasteiger partial charge on any atom is -0.481 e. The lowest BCUT2D eigenvalue weighted by atomic mass is 10.1. The second kappa shape index (κ2) is 17.6. The van der Waals surface area contributed by atoms with E-state index in [2.05, 4.69) is 26.5 Å². The Bertz CT molecular complexity index is 557. The zero-order chi connectivity index (χ0) is 22.1. The average Bonchev–Trinajstić information content (AvgIpc) is 2.96. The Morgan fingerprint density at radius 2 is 1.50 bits per heavy atom. The summed E-state index contributed by atoms with van der Waals surface area (Å²) in [5.74, 6) is -0.329. The van der Waals surface area contributed by atoms with Crippen molar-refractivity contribution in [3.63, 3.8) is 0 Å². The molecule has 1 aliphatic rings. The summed E-state index contributed by atoms with van der Waals surface area (Å²) in [5, 5.41) is 9.07. The highest BCUT2D eigenvalue weighted by atomic mass is 32.2. The van der Waals surface area contributed by atoms with E-state index in [9.17, 15) is 14.4 Å². The number of fused-ring (bicyclic) bond motifs is 1. The lowest BCUT2D eigenvalue weighted by Gasteiger charge is -2.12. The van der Waals surface area contributed by atoms with Gasteiger partial charge < -0.3 is 5.11 Å². The van der Waals surface area contributed by atoms with Crippen molar-refractivity contribution in [2.45, 2.75) is 59.6 Å². The van der Waals surface area contributed by atoms with E-state index < -0.39 is 5.97 Å². The lowest BCUT2D eigenvalue weighted by Crippen LogP contribution is -2.31. The largest absolute Gasteiger partial charge is 0.481 e. The second-order valence-electron chi connectivity index (χ2n) is 5.32. The summed E-state index contributed by atoms with van der Waals surface area (Å²) < 4.78 is 0. The number of thiol groups is 1. The molecule has 1 aromatic carbocycles. The number of carbonyl (C=O) groups excluding carboxylic acids is 2. The Kier molecular flexibility index (Phi) is 18.1. The zero-order valence-corrected chi connectivity index (χ0v) is 19.6. The number of hydrogen-bond donors (Lipinski definition) is 2. The van der Waals surface area contributed by atoms with Gasteiger partial charge in [-0.2, -0.15) is 24.4 Å². The molecular weight excluding hydrogens is 394 g/mol. The maximum Gasteiger partial charge on any atom is 0.304 e. The molecule has 0 aliphatic carbocycles. The van der Waals surface area contributed by atoms with Crippen LogP contribution in [0, 0.1) is 0 Å². The van der Waals surface area contributed by atoms with Crippen LogP contribution in [-0.4, -0.2) is 51.1 Å². The van der Waals surface area contributed by atoms with Crippen molar-refractivity contribution in [1.29, 1.82) is 0 Å². The van der Waals surface area contributed by atoms with Crippen molar-refractivity contribution in [3.8, 4) is 0 Å². The van der Waals surface area contributed by atoms with E-state index in [4.69, 9.17) is 5.11 Å². The number of aliphatic carboxylic acids is 1. The maximum absolute atomic E-state index is 12.0. The van der Waals surface area contributed by atoms with E-state index in [1.807, 2.05) is 27.7 Å². The number of carbonyl (C=O) groups is 3. The number of amides is 2. The molecule has 1 aliphatic heterocycles. The minimum absolute atomic E-state index is 0.0901. The zero-order valence-electron chi connectivity index (χ0n) is 17.9. The van der Waals surface area contributed by atoms with Gasteiger partial charge in [0.25, 0.3) is 11.8 Å². The number of rotatable bonds is 7. The van der Waals surface area contributed by atoms with Gasteiger partial charge >= 0.3 is 5.97 Å². The molecule has 2 rings (SSSR count). The normalized spacial score (nSPS) is 12.5. The first-order valence-corrected chi connectivity index (χ1v) is 11.5. The Morgan fingerprint density at radius 3 is 1.86 bits per heavy atom. The summed E-state index contributed by atoms with van der Waals surface area (Å²) in [6.07, 6.45) is 1.26. The highest BCUT2D eigenvalue weighted by molar-refractivity contribution is 7.99. The molecule has 1 atom stereocenters. The highest BCUT2D eigenvalue weighted by Crippen LogP contribution is 2.22. The topological polar surface area (TPSA) is 74.7 Å². The van der Waals surface area contributed by atoms with Gasteiger partial charge in [0.15, 0.2) is 0 Å². The van der Waals surface area contributed by atoms with Crippen molar-refractivity contribution in [1.82, 2.24) is 4.90 Å². The van der Waals surface area contributed by atoms with Gasteiger partial charge in [0.2, 0.25) is 0 Å². The van der Waals surface area contributed by atoms with E-state index in [0.717, 1.165) is 0 Å². The lowest BCUT2D eigenvalue weighted by molar-refractivity contribution is -0.136. The Hall–Kier alpha value is -1.47. The number of thioether (sulfide) groups is 1. The summed E-state index contributed by atoms with van der Waals surface area (Å²) in [6, 6.07) is 6.75. The van der Waals surface area contributed by atoms with Crippen LogP contribution in [0.1, 0.15) is 75.1 Å². The highest BCUT2D eigenvalue weighted by Gasteiger charge is 2.34. The van der Waals surface area contributed by atoms with Crippen LogP contribution in [-0.2, 0) is 4.79 Å². The quantitative estimate of drug-likeness (QED) is 0.351. The second-order valence-corrected chi connectivity index (χ2v) is 7.43. The number of carboxylic acid groups (broad SMARTS) is 1. The summed E-state index contributed by atoms with van der Waals surface area (Å²) in [4.78, 5) is 35.5. The van der Waals surface area contributed by atoms with Crippen LogP contribution in [0.3, 0.4) is 0 Å². The number of benzene rings is 1. The smallest absolute Gasteiger partial charge is 0.304 e. The first-order valence-electron chi connectivity index (χ1n) is 9.81. The molecule has 0 radical (unpaired) electrons. The number of imide groups is 1. The number of nitrogens with zero attached hydrogens (tertiary/aromatic N) is 1. The van der Waals surface area contributed by atoms with Crippen LogP contribution in [0.25, 0.3) is 0 Å². The molecular formula is C21H35NO4S2. The van der Waals surface area contributed by atoms with E-state index in [1.165, 1.54) is 23.1 Å². The molecule has 1 N–H and O–H groups in total. The van der Waals surface area contributed by atoms with Crippen molar-refractivity contribution >= 4 is 42.2 Å². The van der Waals surface area contributed by atoms with E-state index in [-0.39, 0.29) is 18.2 Å². The maximum atomic E-state index is 12.0. The van der Waals surface area contributed by atoms with Crippen molar-refractivity contribution < 1.29 is 19.5 Å². The molecule has 28 heavy (non-hydrogen) atoms. The van der Waals surface area contributed by atoms with Gasteiger partial charge in [0.05, 0.1) is 17.5 Å². The van der Waals surface area contributed by atoms with E-state index in [1.54, 1.807) is 24.3 Å². The fraction of sp³-hybridized carbons (Fsp3) is 0.571. The van der Waals surface area contributed by atoms with Crippen LogP contribution in [0.15, 0.2) is 24.3 Å². The van der Waals surface area contributed by atoms with Gasteiger partial charge in [-0.25, -0.2) is 0 Å². The third-order valence-corrected chi connectivity index (χ3v) is 4.72. The molecule has 7 heteroatoms. The molecule has 1 unspecified atom stereocenters. The van der Waals surface area contributed by atoms with Crippen LogP contribution < -0.4 is 0 Å². The molecule has 1 aromatic rings. The summed E-state index contributed by atoms with van der Waals surface area (Å²) in [5.41, 5.74) is 0.895. The molecule has 0 saturated heterocycles. The van der Waals surface area contributed by atoms with Crippen LogP contribution in [0.5, 0.6) is 0 Å². The van der Waals surface area contributed by atoms with Crippen LogP contribution in [0.4, 0.5) is 0 Å². The third kappa shape index (κ3) is 10.8. The van der Waals surface area contributed by atoms with Gasteiger partial charge in [0, 0.05) is 18.1 Å². The van der Waals surface area contributed by atoms with Crippen molar-refractivity contribution in [2.75, 3.05) is 18.1 Å². The number of carboxylic acids is 1. The Morgan fingerprint density at radius 1 is 1.07 bits per heavy atom. The van der Waals surface area contributed by atoms with E-state index >= 15 is 0 Å². The molecule has 0 aromatic heterocycles. The summed E-state index contributed by atoms with van der Waals surface area (Å²) in [7, 11) is 0. The molecule has 5 nitrogen and oxygen atoms in total. The monoisotopic (exact) mass is 429 g/mol. The standard InChI is InChI=1S/C13H13NO4S.C4H10S.2C2H6/c15-11(16)5-7-19-8-6-14-12(17)9-3-1-2-4-10(9)13(14)18;1-3-4(2)5;2*1-2/h1-4H,5-8H2,(H,15,16);4-5H,3H2,1-2H3;2*1-2H3. The molecule has 0 fully saturated rings. The fourth-order valence-corrected chi connectivity index (χ4v) is 2.69. The summed E-state index contributed by atoms with van der Waals surface area (Å²) in [6.45, 7) is 12.5. The Labute approximate surface area is 179 Å². The molecule has 1 heterocycles. The van der Waals surface area contributed by atoms with Crippen LogP contribution >= 0.6 is 24.4 Å². The third-order valence-electron chi connectivity index (χ3n) is 3.39. The van der Waals surface area contributed by atoms with Crippen molar-refractivity contribution in [3.05, 3.63) is 35.4 Å². The Balaban J connectivity index is 0. The molecule has 160 valence electrons. The predicted molar refractivity (Wildman–Crippen MR) is 123 cm³/mol. The molecule has 0 bridgehead atoms. The molecule has 2 amide bonds. The van der Waals surface area contributed by atoms with Gasteiger partial charge in [-0.15, -0.1) is 0 Å². The van der Waals surface area contributed by atoms with Gasteiger partial charge in [0.1, 0.15) is 0 Å². The van der Waals surface area contributed by atoms with Crippen molar-refractivity contribution in [2.24, 2.45) is 0 Å². The number of hydrogen-bond acceptors (Lipinski definition) is 5. The predicted octanol–water partition coefficient (Wildman–Crippen LogP) is 5.26. The van der Waals surface area contributed by atoms with Gasteiger partial charge in [-0.1, -0.05) is 53.7 Å². The first kappa shape index (κ1) is 28.7. The fourth-order valence-electron chi connectivity index (χ4n) is 1.86. The molecule has 0 spiro atoms. The van der Waals surface area contributed by atoms with E-state index in [0.29, 0.717) is 34.4 Å². The summed E-state index contributed by atoms with van der Waals surface area (Å²) >= 11 is 5.52. The minimum atomic E-state index is -0.840. The SMILES string of the molecule is CC.CC.CCC(C)S.O=C(O)CCSCCN1C(=O)c2ccccc2C1=O. The average molecular weight is 430 g/mol. The van der Waals surface area contributed by atoms with Gasteiger partial charge in [-0.05, 0) is 23.8 Å². The first-order chi connectivity index (χ1) is 13.4.